The van der Waals surface area contributed by atoms with Crippen LogP contribution in [0.15, 0.2) is 33.7 Å². The zero-order chi connectivity index (χ0) is 19.7. The summed E-state index contributed by atoms with van der Waals surface area (Å²) < 4.78 is 6.32. The van der Waals surface area contributed by atoms with Gasteiger partial charge in [0, 0.05) is 38.8 Å². The van der Waals surface area contributed by atoms with E-state index in [0.717, 1.165) is 29.6 Å². The molecule has 1 fully saturated rings. The van der Waals surface area contributed by atoms with E-state index in [9.17, 15) is 4.79 Å². The van der Waals surface area contributed by atoms with Crippen LogP contribution in [0.25, 0.3) is 0 Å². The van der Waals surface area contributed by atoms with Gasteiger partial charge in [-0.1, -0.05) is 34.5 Å². The summed E-state index contributed by atoms with van der Waals surface area (Å²) >= 11 is 3.45. The van der Waals surface area contributed by atoms with Crippen molar-refractivity contribution in [2.24, 2.45) is 10.4 Å². The van der Waals surface area contributed by atoms with E-state index in [4.69, 9.17) is 4.74 Å². The lowest BCUT2D eigenvalue weighted by Crippen LogP contribution is -2.48. The predicted molar refractivity (Wildman–Crippen MR) is 128 cm³/mol. The number of hydrogen-bond acceptors (Lipinski definition) is 3. The first-order valence-corrected chi connectivity index (χ1v) is 10.2. The Morgan fingerprint density at radius 1 is 1.25 bits per heavy atom. The van der Waals surface area contributed by atoms with Crippen LogP contribution >= 0.6 is 39.9 Å². The molecule has 0 aliphatic heterocycles. The first-order chi connectivity index (χ1) is 12.9. The van der Waals surface area contributed by atoms with Gasteiger partial charge in [-0.05, 0) is 42.4 Å². The van der Waals surface area contributed by atoms with Crippen molar-refractivity contribution in [3.05, 3.63) is 34.3 Å². The maximum absolute atomic E-state index is 11.9. The fourth-order valence-corrected chi connectivity index (χ4v) is 3.30. The number of nitrogens with one attached hydrogen (secondary N) is 2. The van der Waals surface area contributed by atoms with Crippen LogP contribution in [0, 0.1) is 5.41 Å². The minimum absolute atomic E-state index is 0. The number of ether oxygens (including phenoxy) is 1. The number of carbonyl (C=O) groups excluding carboxylic acids is 1. The van der Waals surface area contributed by atoms with Crippen molar-refractivity contribution in [1.82, 2.24) is 15.5 Å². The molecule has 1 aromatic rings. The largest absolute Gasteiger partial charge is 0.385 e. The highest BCUT2D eigenvalue weighted by atomic mass is 127. The first kappa shape index (κ1) is 25.2. The lowest BCUT2D eigenvalue weighted by atomic mass is 9.67. The van der Waals surface area contributed by atoms with Gasteiger partial charge in [0.1, 0.15) is 0 Å². The van der Waals surface area contributed by atoms with Gasteiger partial charge in [-0.25, -0.2) is 4.99 Å². The Morgan fingerprint density at radius 2 is 1.93 bits per heavy atom. The molecule has 1 saturated carbocycles. The van der Waals surface area contributed by atoms with Gasteiger partial charge in [-0.3, -0.25) is 4.79 Å². The van der Waals surface area contributed by atoms with Gasteiger partial charge in [0.25, 0.3) is 0 Å². The van der Waals surface area contributed by atoms with Crippen LogP contribution in [0.2, 0.25) is 0 Å². The topological polar surface area (TPSA) is 66.0 Å². The van der Waals surface area contributed by atoms with E-state index in [-0.39, 0.29) is 41.8 Å². The van der Waals surface area contributed by atoms with Gasteiger partial charge in [-0.15, -0.1) is 24.0 Å². The number of methoxy groups -OCH3 is 1. The summed E-state index contributed by atoms with van der Waals surface area (Å²) in [5, 5.41) is 6.62. The summed E-state index contributed by atoms with van der Waals surface area (Å²) in [7, 11) is 5.26. The summed E-state index contributed by atoms with van der Waals surface area (Å²) in [6, 6.07) is 8.11. The van der Waals surface area contributed by atoms with Gasteiger partial charge < -0.3 is 20.3 Å². The summed E-state index contributed by atoms with van der Waals surface area (Å²) in [6.07, 6.45) is 4.73. The molecule has 28 heavy (non-hydrogen) atoms. The SMILES string of the molecule is COCCC1(CNC(=NCc2ccc(Br)cc2)NCC(=O)N(C)C)CCC1.I. The monoisotopic (exact) mass is 566 g/mol. The number of carbonyl (C=O) groups is 1. The molecule has 0 heterocycles. The molecule has 2 N–H and O–H groups in total. The zero-order valence-corrected chi connectivity index (χ0v) is 20.9. The number of amides is 1. The Bertz CT molecular complexity index is 634. The minimum Gasteiger partial charge on any atom is -0.385 e. The van der Waals surface area contributed by atoms with Crippen molar-refractivity contribution in [3.63, 3.8) is 0 Å². The van der Waals surface area contributed by atoms with Crippen LogP contribution in [0.5, 0.6) is 0 Å². The molecule has 0 bridgehead atoms. The predicted octanol–water partition coefficient (Wildman–Crippen LogP) is 3.40. The second kappa shape index (κ2) is 12.6. The van der Waals surface area contributed by atoms with E-state index in [0.29, 0.717) is 12.5 Å². The molecule has 0 spiro atoms. The Balaban J connectivity index is 0.00000392. The van der Waals surface area contributed by atoms with Crippen molar-refractivity contribution >= 4 is 51.8 Å². The quantitative estimate of drug-likeness (QED) is 0.273. The lowest BCUT2D eigenvalue weighted by Gasteiger charge is -2.42. The highest BCUT2D eigenvalue weighted by Crippen LogP contribution is 2.43. The number of hydrogen-bond donors (Lipinski definition) is 2. The normalized spacial score (nSPS) is 15.2. The average molecular weight is 567 g/mol. The summed E-state index contributed by atoms with van der Waals surface area (Å²) in [4.78, 5) is 18.2. The van der Waals surface area contributed by atoms with Crippen LogP contribution in [0.4, 0.5) is 0 Å². The number of halogens is 2. The van der Waals surface area contributed by atoms with Gasteiger partial charge in [0.15, 0.2) is 5.96 Å². The van der Waals surface area contributed by atoms with E-state index >= 15 is 0 Å². The van der Waals surface area contributed by atoms with E-state index in [1.807, 2.05) is 24.3 Å². The highest BCUT2D eigenvalue weighted by molar-refractivity contribution is 14.0. The Kier molecular flexibility index (Phi) is 11.4. The third kappa shape index (κ3) is 8.24. The first-order valence-electron chi connectivity index (χ1n) is 9.40. The van der Waals surface area contributed by atoms with Gasteiger partial charge >= 0.3 is 0 Å². The van der Waals surface area contributed by atoms with Crippen molar-refractivity contribution in [2.45, 2.75) is 32.2 Å². The number of guanidine groups is 1. The molecule has 0 atom stereocenters. The van der Waals surface area contributed by atoms with Gasteiger partial charge in [-0.2, -0.15) is 0 Å². The molecule has 0 radical (unpaired) electrons. The molecule has 1 aliphatic carbocycles. The Morgan fingerprint density at radius 3 is 2.46 bits per heavy atom. The van der Waals surface area contributed by atoms with Crippen molar-refractivity contribution < 1.29 is 9.53 Å². The van der Waals surface area contributed by atoms with Crippen molar-refractivity contribution in [1.29, 1.82) is 0 Å². The van der Waals surface area contributed by atoms with Crippen LogP contribution < -0.4 is 10.6 Å². The van der Waals surface area contributed by atoms with E-state index in [1.54, 1.807) is 26.1 Å². The molecule has 158 valence electrons. The zero-order valence-electron chi connectivity index (χ0n) is 17.0. The lowest BCUT2D eigenvalue weighted by molar-refractivity contribution is -0.127. The van der Waals surface area contributed by atoms with Crippen molar-refractivity contribution in [2.75, 3.05) is 40.9 Å². The molecule has 1 aromatic carbocycles. The summed E-state index contributed by atoms with van der Waals surface area (Å²) in [6.45, 7) is 2.41. The summed E-state index contributed by atoms with van der Waals surface area (Å²) in [5.41, 5.74) is 1.40. The second-order valence-electron chi connectivity index (χ2n) is 7.38. The molecule has 1 amide bonds. The van der Waals surface area contributed by atoms with Crippen LogP contribution in [-0.2, 0) is 16.1 Å². The molecular formula is C20H32BrIN4O2. The molecule has 6 nitrogen and oxygen atoms in total. The van der Waals surface area contributed by atoms with Gasteiger partial charge in [0.05, 0.1) is 13.1 Å². The number of benzene rings is 1. The van der Waals surface area contributed by atoms with Crippen LogP contribution in [-0.4, -0.2) is 57.7 Å². The summed E-state index contributed by atoms with van der Waals surface area (Å²) in [5.74, 6) is 0.697. The molecule has 8 heteroatoms. The number of likely N-dealkylation sites (N-methyl/N-ethyl adjacent to an activating group) is 1. The number of aliphatic imine (C=N–C) groups is 1. The van der Waals surface area contributed by atoms with Crippen LogP contribution in [0.3, 0.4) is 0 Å². The van der Waals surface area contributed by atoms with E-state index in [1.165, 1.54) is 19.3 Å². The van der Waals surface area contributed by atoms with Crippen LogP contribution in [0.1, 0.15) is 31.2 Å². The fourth-order valence-electron chi connectivity index (χ4n) is 3.03. The van der Waals surface area contributed by atoms with E-state index < -0.39 is 0 Å². The van der Waals surface area contributed by atoms with E-state index in [2.05, 4.69) is 31.6 Å². The molecule has 1 aliphatic rings. The maximum Gasteiger partial charge on any atom is 0.241 e. The Hall–Kier alpha value is -0.870. The third-order valence-corrected chi connectivity index (χ3v) is 5.65. The highest BCUT2D eigenvalue weighted by Gasteiger charge is 2.36. The minimum atomic E-state index is 0. The Labute approximate surface area is 194 Å². The molecule has 0 aromatic heterocycles. The second-order valence-corrected chi connectivity index (χ2v) is 8.30. The molecule has 0 unspecified atom stereocenters. The smallest absolute Gasteiger partial charge is 0.241 e. The number of nitrogens with zero attached hydrogens (tertiary/aromatic N) is 2. The average Bonchev–Trinajstić information content (AvgIpc) is 2.62. The maximum atomic E-state index is 11.9. The fraction of sp³-hybridized carbons (Fsp3) is 0.600. The van der Waals surface area contributed by atoms with Crippen molar-refractivity contribution in [3.8, 4) is 0 Å². The number of rotatable bonds is 9. The molecule has 0 saturated heterocycles. The molecular weight excluding hydrogens is 535 g/mol. The standard InChI is InChI=1S/C20H31BrN4O2.HI/c1-25(2)18(26)14-23-19(22-13-16-5-7-17(21)8-6-16)24-15-20(9-4-10-20)11-12-27-3;/h5-8H,4,9-15H2,1-3H3,(H2,22,23,24);1H. The van der Waals surface area contributed by atoms with Gasteiger partial charge in [0.2, 0.25) is 5.91 Å². The third-order valence-electron chi connectivity index (χ3n) is 5.12. The molecule has 2 rings (SSSR count).